The van der Waals surface area contributed by atoms with Crippen molar-refractivity contribution in [2.24, 2.45) is 0 Å². The van der Waals surface area contributed by atoms with Gasteiger partial charge in [0, 0.05) is 18.7 Å². The normalized spacial score (nSPS) is 14.4. The van der Waals surface area contributed by atoms with Crippen molar-refractivity contribution in [3.8, 4) is 0 Å². The number of nitrogens with zero attached hydrogens (tertiary/aromatic N) is 2. The van der Waals surface area contributed by atoms with Crippen molar-refractivity contribution >= 4 is 21.4 Å². The number of hydrogen-bond donors (Lipinski definition) is 0. The summed E-state index contributed by atoms with van der Waals surface area (Å²) in [7, 11) is -3.74. The van der Waals surface area contributed by atoms with Crippen molar-refractivity contribution in [2.75, 3.05) is 10.8 Å². The van der Waals surface area contributed by atoms with Crippen LogP contribution in [0.2, 0.25) is 0 Å². The molecule has 0 atom stereocenters. The first-order chi connectivity index (χ1) is 10.9. The van der Waals surface area contributed by atoms with Crippen LogP contribution in [0.25, 0.3) is 0 Å². The molecule has 0 fully saturated rings. The number of non-ortho nitro benzene ring substituents is 1. The highest BCUT2D eigenvalue weighted by Gasteiger charge is 2.31. The summed E-state index contributed by atoms with van der Waals surface area (Å²) in [5, 5.41) is 11.0. The van der Waals surface area contributed by atoms with E-state index in [1.54, 1.807) is 37.3 Å². The van der Waals surface area contributed by atoms with Crippen molar-refractivity contribution in [3.63, 3.8) is 0 Å². The first-order valence-corrected chi connectivity index (χ1v) is 8.71. The molecule has 0 spiro atoms. The Kier molecular flexibility index (Phi) is 3.81. The van der Waals surface area contributed by atoms with E-state index in [4.69, 9.17) is 0 Å². The lowest BCUT2D eigenvalue weighted by molar-refractivity contribution is -0.384. The highest BCUT2D eigenvalue weighted by atomic mass is 32.2. The molecular weight excluding hydrogens is 316 g/mol. The zero-order chi connectivity index (χ0) is 16.6. The summed E-state index contributed by atoms with van der Waals surface area (Å²) < 4.78 is 27.3. The van der Waals surface area contributed by atoms with Crippen LogP contribution in [-0.4, -0.2) is 19.9 Å². The first-order valence-electron chi connectivity index (χ1n) is 7.27. The second-order valence-corrected chi connectivity index (χ2v) is 7.35. The van der Waals surface area contributed by atoms with Crippen LogP contribution in [0.15, 0.2) is 47.4 Å². The molecule has 0 amide bonds. The second-order valence-electron chi connectivity index (χ2n) is 5.52. The maximum absolute atomic E-state index is 13.0. The molecule has 1 heterocycles. The van der Waals surface area contributed by atoms with Crippen LogP contribution in [0.4, 0.5) is 11.4 Å². The largest absolute Gasteiger partial charge is 0.271 e. The molecule has 6 nitrogen and oxygen atoms in total. The van der Waals surface area contributed by atoms with Crippen LogP contribution in [0.1, 0.15) is 17.5 Å². The standard InChI is InChI=1S/C16H16N2O4S/c1-12-5-2-3-7-16(12)23(21,22)17-10-4-6-13-8-9-14(18(19)20)11-15(13)17/h2-3,5,7-9,11H,4,6,10H2,1H3. The van der Waals surface area contributed by atoms with E-state index in [2.05, 4.69) is 0 Å². The van der Waals surface area contributed by atoms with Crippen molar-refractivity contribution in [3.05, 3.63) is 63.7 Å². The highest BCUT2D eigenvalue weighted by Crippen LogP contribution is 2.35. The number of fused-ring (bicyclic) bond motifs is 1. The number of benzene rings is 2. The maximum atomic E-state index is 13.0. The minimum absolute atomic E-state index is 0.101. The third kappa shape index (κ3) is 2.68. The monoisotopic (exact) mass is 332 g/mol. The van der Waals surface area contributed by atoms with Crippen molar-refractivity contribution in [1.82, 2.24) is 0 Å². The minimum Gasteiger partial charge on any atom is -0.266 e. The number of anilines is 1. The molecule has 0 bridgehead atoms. The van der Waals surface area contributed by atoms with Crippen molar-refractivity contribution in [2.45, 2.75) is 24.7 Å². The zero-order valence-corrected chi connectivity index (χ0v) is 13.4. The summed E-state index contributed by atoms with van der Waals surface area (Å²) >= 11 is 0. The van der Waals surface area contributed by atoms with E-state index in [1.807, 2.05) is 0 Å². The predicted octanol–water partition coefficient (Wildman–Crippen LogP) is 3.04. The molecule has 23 heavy (non-hydrogen) atoms. The Bertz CT molecular complexity index is 877. The minimum atomic E-state index is -3.74. The molecule has 2 aromatic rings. The number of sulfonamides is 1. The van der Waals surface area contributed by atoms with Gasteiger partial charge in [0.1, 0.15) is 0 Å². The molecule has 0 saturated heterocycles. The van der Waals surface area contributed by atoms with Crippen molar-refractivity contribution in [1.29, 1.82) is 0 Å². The van der Waals surface area contributed by atoms with Gasteiger partial charge in [-0.15, -0.1) is 0 Å². The van der Waals surface area contributed by atoms with Crippen LogP contribution in [0.3, 0.4) is 0 Å². The Hall–Kier alpha value is -2.41. The average molecular weight is 332 g/mol. The predicted molar refractivity (Wildman–Crippen MR) is 87.1 cm³/mol. The third-order valence-electron chi connectivity index (χ3n) is 4.02. The van der Waals surface area contributed by atoms with E-state index in [0.29, 0.717) is 30.6 Å². The van der Waals surface area contributed by atoms with Crippen LogP contribution in [0.5, 0.6) is 0 Å². The van der Waals surface area contributed by atoms with E-state index in [0.717, 1.165) is 5.56 Å². The molecule has 7 heteroatoms. The first kappa shape index (κ1) is 15.5. The van der Waals surface area contributed by atoms with Gasteiger partial charge >= 0.3 is 0 Å². The fraction of sp³-hybridized carbons (Fsp3) is 0.250. The number of nitro benzene ring substituents is 1. The summed E-state index contributed by atoms with van der Waals surface area (Å²) in [6.07, 6.45) is 1.41. The van der Waals surface area contributed by atoms with Crippen LogP contribution >= 0.6 is 0 Å². The van der Waals surface area contributed by atoms with E-state index in [-0.39, 0.29) is 10.6 Å². The van der Waals surface area contributed by atoms with Gasteiger partial charge in [-0.2, -0.15) is 0 Å². The molecule has 120 valence electrons. The summed E-state index contributed by atoms with van der Waals surface area (Å²) in [4.78, 5) is 10.7. The van der Waals surface area contributed by atoms with Crippen LogP contribution in [0, 0.1) is 17.0 Å². The van der Waals surface area contributed by atoms with Gasteiger partial charge in [-0.05, 0) is 37.0 Å². The molecule has 1 aliphatic heterocycles. The molecule has 0 unspecified atom stereocenters. The lowest BCUT2D eigenvalue weighted by atomic mass is 10.0. The number of hydrogen-bond acceptors (Lipinski definition) is 4. The Balaban J connectivity index is 2.14. The lowest BCUT2D eigenvalue weighted by Crippen LogP contribution is -2.35. The van der Waals surface area contributed by atoms with Gasteiger partial charge in [0.05, 0.1) is 15.5 Å². The van der Waals surface area contributed by atoms with Gasteiger partial charge < -0.3 is 0 Å². The summed E-state index contributed by atoms with van der Waals surface area (Å²) in [6, 6.07) is 11.2. The Labute approximate surface area is 134 Å². The molecular formula is C16H16N2O4S. The Morgan fingerprint density at radius 2 is 1.91 bits per heavy atom. The molecule has 1 aliphatic rings. The molecule has 0 N–H and O–H groups in total. The molecule has 0 aliphatic carbocycles. The number of rotatable bonds is 3. The smallest absolute Gasteiger partial charge is 0.266 e. The number of aryl methyl sites for hydroxylation is 2. The number of nitro groups is 1. The summed E-state index contributed by atoms with van der Waals surface area (Å²) in [6.45, 7) is 2.07. The van der Waals surface area contributed by atoms with E-state index in [1.165, 1.54) is 16.4 Å². The molecule has 2 aromatic carbocycles. The maximum Gasteiger partial charge on any atom is 0.271 e. The molecule has 0 aromatic heterocycles. The quantitative estimate of drug-likeness (QED) is 0.639. The zero-order valence-electron chi connectivity index (χ0n) is 12.6. The third-order valence-corrected chi connectivity index (χ3v) is 5.99. The van der Waals surface area contributed by atoms with Gasteiger partial charge in [-0.1, -0.05) is 24.3 Å². The van der Waals surface area contributed by atoms with Gasteiger partial charge in [-0.3, -0.25) is 14.4 Å². The fourth-order valence-electron chi connectivity index (χ4n) is 2.86. The van der Waals surface area contributed by atoms with Crippen molar-refractivity contribution < 1.29 is 13.3 Å². The summed E-state index contributed by atoms with van der Waals surface area (Å²) in [5.41, 5.74) is 1.79. The van der Waals surface area contributed by atoms with Crippen LogP contribution < -0.4 is 4.31 Å². The molecule has 0 saturated carbocycles. The average Bonchev–Trinajstić information content (AvgIpc) is 2.53. The van der Waals surface area contributed by atoms with E-state index in [9.17, 15) is 18.5 Å². The SMILES string of the molecule is Cc1ccccc1S(=O)(=O)N1CCCc2ccc([N+](=O)[O-])cc21. The van der Waals surface area contributed by atoms with Crippen LogP contribution in [-0.2, 0) is 16.4 Å². The lowest BCUT2D eigenvalue weighted by Gasteiger charge is -2.30. The second kappa shape index (κ2) is 5.66. The van der Waals surface area contributed by atoms with E-state index >= 15 is 0 Å². The van der Waals surface area contributed by atoms with Gasteiger partial charge in [-0.25, -0.2) is 8.42 Å². The molecule has 3 rings (SSSR count). The molecule has 0 radical (unpaired) electrons. The van der Waals surface area contributed by atoms with Gasteiger partial charge in [0.15, 0.2) is 0 Å². The topological polar surface area (TPSA) is 80.5 Å². The van der Waals surface area contributed by atoms with Gasteiger partial charge in [0.25, 0.3) is 15.7 Å². The van der Waals surface area contributed by atoms with Gasteiger partial charge in [0.2, 0.25) is 0 Å². The summed E-state index contributed by atoms with van der Waals surface area (Å²) in [5.74, 6) is 0. The fourth-order valence-corrected chi connectivity index (χ4v) is 4.62. The van der Waals surface area contributed by atoms with E-state index < -0.39 is 14.9 Å². The Morgan fingerprint density at radius 3 is 2.61 bits per heavy atom. The highest BCUT2D eigenvalue weighted by molar-refractivity contribution is 7.92. The Morgan fingerprint density at radius 1 is 1.17 bits per heavy atom.